The van der Waals surface area contributed by atoms with E-state index in [2.05, 4.69) is 5.32 Å². The zero-order valence-electron chi connectivity index (χ0n) is 12.4. The third-order valence-electron chi connectivity index (χ3n) is 3.14. The molecular formula is C14H15F3N2O5. The van der Waals surface area contributed by atoms with Crippen LogP contribution in [0.1, 0.15) is 18.1 Å². The van der Waals surface area contributed by atoms with Crippen LogP contribution in [0.3, 0.4) is 0 Å². The maximum absolute atomic E-state index is 11.9. The van der Waals surface area contributed by atoms with Gasteiger partial charge in [-0.05, 0) is 24.1 Å². The Kier molecular flexibility index (Phi) is 5.50. The number of ether oxygens (including phenoxy) is 2. The minimum absolute atomic E-state index is 0.0674. The number of alkyl halides is 3. The van der Waals surface area contributed by atoms with Crippen LogP contribution in [0.15, 0.2) is 18.2 Å². The highest BCUT2D eigenvalue weighted by Crippen LogP contribution is 2.34. The lowest BCUT2D eigenvalue weighted by Gasteiger charge is -2.12. The van der Waals surface area contributed by atoms with Gasteiger partial charge in [0.25, 0.3) is 0 Å². The molecule has 0 spiro atoms. The predicted octanol–water partition coefficient (Wildman–Crippen LogP) is 0.633. The van der Waals surface area contributed by atoms with Crippen molar-refractivity contribution in [3.8, 4) is 11.5 Å². The van der Waals surface area contributed by atoms with Crippen molar-refractivity contribution in [2.24, 2.45) is 0 Å². The van der Waals surface area contributed by atoms with Crippen molar-refractivity contribution in [2.75, 3.05) is 19.9 Å². The van der Waals surface area contributed by atoms with Crippen molar-refractivity contribution in [2.45, 2.75) is 18.7 Å². The first-order valence-electron chi connectivity index (χ1n) is 6.96. The lowest BCUT2D eigenvalue weighted by molar-refractivity contribution is -0.146. The smallest absolute Gasteiger partial charge is 0.405 e. The van der Waals surface area contributed by atoms with Gasteiger partial charge in [0.2, 0.25) is 6.79 Å². The molecule has 3 N–H and O–H groups in total. The topological polar surface area (TPSA) is 96.9 Å². The Bertz CT molecular complexity index is 621. The van der Waals surface area contributed by atoms with E-state index in [1.165, 1.54) is 5.32 Å². The number of carbonyl (C=O) groups is 2. The molecular weight excluding hydrogens is 333 g/mol. The van der Waals surface area contributed by atoms with Gasteiger partial charge in [0.1, 0.15) is 6.54 Å². The van der Waals surface area contributed by atoms with Crippen LogP contribution in [0.2, 0.25) is 0 Å². The number of aliphatic hydroxyl groups is 1. The van der Waals surface area contributed by atoms with Crippen molar-refractivity contribution < 1.29 is 37.3 Å². The number of hydrogen-bond donors (Lipinski definition) is 3. The van der Waals surface area contributed by atoms with Crippen molar-refractivity contribution in [3.63, 3.8) is 0 Å². The highest BCUT2D eigenvalue weighted by atomic mass is 19.4. The van der Waals surface area contributed by atoms with Gasteiger partial charge in [-0.1, -0.05) is 6.07 Å². The van der Waals surface area contributed by atoms with Crippen molar-refractivity contribution in [3.05, 3.63) is 23.8 Å². The molecule has 7 nitrogen and oxygen atoms in total. The summed E-state index contributed by atoms with van der Waals surface area (Å²) in [4.78, 5) is 22.5. The van der Waals surface area contributed by atoms with Gasteiger partial charge in [0.05, 0.1) is 6.10 Å². The maximum atomic E-state index is 11.9. The van der Waals surface area contributed by atoms with Gasteiger partial charge >= 0.3 is 18.0 Å². The third kappa shape index (κ3) is 5.01. The zero-order valence-corrected chi connectivity index (χ0v) is 12.4. The first-order valence-corrected chi connectivity index (χ1v) is 6.96. The molecule has 1 heterocycles. The second-order valence-electron chi connectivity index (χ2n) is 4.97. The minimum Gasteiger partial charge on any atom is -0.454 e. The van der Waals surface area contributed by atoms with E-state index >= 15 is 0 Å². The Labute approximate surface area is 134 Å². The van der Waals surface area contributed by atoms with E-state index in [0.717, 1.165) is 0 Å². The van der Waals surface area contributed by atoms with Crippen LogP contribution in [0.4, 0.5) is 13.2 Å². The average Bonchev–Trinajstić information content (AvgIpc) is 2.99. The number of amides is 2. The van der Waals surface area contributed by atoms with Crippen molar-refractivity contribution in [1.82, 2.24) is 10.6 Å². The molecule has 0 bridgehead atoms. The molecule has 10 heteroatoms. The van der Waals surface area contributed by atoms with Crippen LogP contribution >= 0.6 is 0 Å². The number of hydrogen-bond acceptors (Lipinski definition) is 5. The van der Waals surface area contributed by atoms with Crippen LogP contribution in [-0.2, 0) is 9.59 Å². The zero-order chi connectivity index (χ0) is 17.7. The number of fused-ring (bicyclic) bond motifs is 1. The fourth-order valence-electron chi connectivity index (χ4n) is 1.95. The van der Waals surface area contributed by atoms with Crippen molar-refractivity contribution in [1.29, 1.82) is 0 Å². The lowest BCUT2D eigenvalue weighted by Crippen LogP contribution is -2.43. The summed E-state index contributed by atoms with van der Waals surface area (Å²) in [6, 6.07) is 4.84. The van der Waals surface area contributed by atoms with E-state index < -0.39 is 30.6 Å². The molecule has 132 valence electrons. The molecule has 1 aromatic carbocycles. The summed E-state index contributed by atoms with van der Waals surface area (Å²) in [5, 5.41) is 13.6. The van der Waals surface area contributed by atoms with Gasteiger partial charge in [-0.3, -0.25) is 9.59 Å². The molecule has 1 aromatic rings. The Morgan fingerprint density at radius 3 is 2.54 bits per heavy atom. The standard InChI is InChI=1S/C14H15F3N2O5/c15-14(16,17)6-19-13(22)12(21)18-4-3-9(20)8-1-2-10-11(5-8)24-7-23-10/h1-2,5,9,20H,3-4,6-7H2,(H,18,21)(H,19,22). The number of rotatable bonds is 5. The van der Waals surface area contributed by atoms with E-state index in [4.69, 9.17) is 9.47 Å². The summed E-state index contributed by atoms with van der Waals surface area (Å²) >= 11 is 0. The predicted molar refractivity (Wildman–Crippen MR) is 74.2 cm³/mol. The van der Waals surface area contributed by atoms with Crippen LogP contribution in [-0.4, -0.2) is 43.0 Å². The fourth-order valence-corrected chi connectivity index (χ4v) is 1.95. The van der Waals surface area contributed by atoms with E-state index in [-0.39, 0.29) is 19.8 Å². The third-order valence-corrected chi connectivity index (χ3v) is 3.14. The Hall–Kier alpha value is -2.49. The summed E-state index contributed by atoms with van der Waals surface area (Å²) in [7, 11) is 0. The van der Waals surface area contributed by atoms with Gasteiger partial charge in [0, 0.05) is 6.54 Å². The number of halogens is 3. The SMILES string of the molecule is O=C(NCCC(O)c1ccc2c(c1)OCO2)C(=O)NCC(F)(F)F. The molecule has 2 rings (SSSR count). The molecule has 24 heavy (non-hydrogen) atoms. The summed E-state index contributed by atoms with van der Waals surface area (Å²) < 4.78 is 46.1. The summed E-state index contributed by atoms with van der Waals surface area (Å²) in [6.07, 6.45) is -5.47. The Morgan fingerprint density at radius 1 is 1.17 bits per heavy atom. The fraction of sp³-hybridized carbons (Fsp3) is 0.429. The van der Waals surface area contributed by atoms with Crippen LogP contribution in [0, 0.1) is 0 Å². The summed E-state index contributed by atoms with van der Waals surface area (Å²) in [6.45, 7) is -1.58. The normalized spacial score (nSPS) is 14.2. The van der Waals surface area contributed by atoms with E-state index in [1.807, 2.05) is 0 Å². The summed E-state index contributed by atoms with van der Waals surface area (Å²) in [5.41, 5.74) is 0.523. The van der Waals surface area contributed by atoms with E-state index in [1.54, 1.807) is 18.2 Å². The molecule has 1 atom stereocenters. The Balaban J connectivity index is 1.75. The van der Waals surface area contributed by atoms with Crippen LogP contribution in [0.25, 0.3) is 0 Å². The van der Waals surface area contributed by atoms with Gasteiger partial charge < -0.3 is 25.2 Å². The molecule has 0 radical (unpaired) electrons. The number of benzene rings is 1. The highest BCUT2D eigenvalue weighted by molar-refractivity contribution is 6.35. The molecule has 1 aliphatic rings. The minimum atomic E-state index is -4.59. The largest absolute Gasteiger partial charge is 0.454 e. The average molecular weight is 348 g/mol. The number of carbonyl (C=O) groups excluding carboxylic acids is 2. The van der Waals surface area contributed by atoms with E-state index in [0.29, 0.717) is 17.1 Å². The van der Waals surface area contributed by atoms with Crippen LogP contribution in [0.5, 0.6) is 11.5 Å². The monoisotopic (exact) mass is 348 g/mol. The molecule has 0 fully saturated rings. The quantitative estimate of drug-likeness (QED) is 0.679. The first-order chi connectivity index (χ1) is 11.3. The van der Waals surface area contributed by atoms with Gasteiger partial charge in [0.15, 0.2) is 11.5 Å². The van der Waals surface area contributed by atoms with Crippen molar-refractivity contribution >= 4 is 11.8 Å². The maximum Gasteiger partial charge on any atom is 0.405 e. The second-order valence-corrected chi connectivity index (χ2v) is 4.97. The Morgan fingerprint density at radius 2 is 1.83 bits per heavy atom. The molecule has 1 aliphatic heterocycles. The molecule has 0 saturated heterocycles. The van der Waals surface area contributed by atoms with Gasteiger partial charge in [-0.2, -0.15) is 13.2 Å². The lowest BCUT2D eigenvalue weighted by atomic mass is 10.1. The molecule has 0 aliphatic carbocycles. The highest BCUT2D eigenvalue weighted by Gasteiger charge is 2.29. The summed E-state index contributed by atoms with van der Waals surface area (Å²) in [5.74, 6) is -1.54. The van der Waals surface area contributed by atoms with Crippen LogP contribution < -0.4 is 20.1 Å². The first kappa shape index (κ1) is 17.9. The van der Waals surface area contributed by atoms with Gasteiger partial charge in [-0.15, -0.1) is 0 Å². The molecule has 0 aromatic heterocycles. The molecule has 2 amide bonds. The van der Waals surface area contributed by atoms with Gasteiger partial charge in [-0.25, -0.2) is 0 Å². The van der Waals surface area contributed by atoms with E-state index in [9.17, 15) is 27.9 Å². The number of nitrogens with one attached hydrogen (secondary N) is 2. The molecule has 1 unspecified atom stereocenters. The molecule has 0 saturated carbocycles. The number of aliphatic hydroxyl groups excluding tert-OH is 1. The second kappa shape index (κ2) is 7.39.